The lowest BCUT2D eigenvalue weighted by atomic mass is 9.75. The molecule has 3 nitrogen and oxygen atoms in total. The van der Waals surface area contributed by atoms with E-state index in [0.29, 0.717) is 11.3 Å². The third kappa shape index (κ3) is 2.33. The van der Waals surface area contributed by atoms with Crippen LogP contribution in [0.1, 0.15) is 37.7 Å². The van der Waals surface area contributed by atoms with Crippen molar-refractivity contribution in [1.29, 1.82) is 0 Å². The van der Waals surface area contributed by atoms with Crippen molar-refractivity contribution < 1.29 is 19.0 Å². The van der Waals surface area contributed by atoms with E-state index in [4.69, 9.17) is 9.84 Å². The summed E-state index contributed by atoms with van der Waals surface area (Å²) in [6.07, 6.45) is 3.55. The van der Waals surface area contributed by atoms with Gasteiger partial charge in [0.1, 0.15) is 11.6 Å². The molecule has 0 atom stereocenters. The molecule has 0 bridgehead atoms. The molecule has 1 saturated carbocycles. The molecule has 0 heterocycles. The van der Waals surface area contributed by atoms with Crippen LogP contribution in [0.2, 0.25) is 0 Å². The largest absolute Gasteiger partial charge is 0.496 e. The molecule has 1 N–H and O–H groups in total. The summed E-state index contributed by atoms with van der Waals surface area (Å²) >= 11 is 0. The molecule has 0 radical (unpaired) electrons. The fourth-order valence-corrected chi connectivity index (χ4v) is 2.98. The highest BCUT2D eigenvalue weighted by molar-refractivity contribution is 5.69. The molecule has 98 valence electrons. The van der Waals surface area contributed by atoms with E-state index in [-0.39, 0.29) is 12.2 Å². The number of methoxy groups -OCH3 is 1. The lowest BCUT2D eigenvalue weighted by Gasteiger charge is -2.29. The fraction of sp³-hybridized carbons (Fsp3) is 0.500. The van der Waals surface area contributed by atoms with Gasteiger partial charge in [-0.25, -0.2) is 4.39 Å². The minimum Gasteiger partial charge on any atom is -0.496 e. The van der Waals surface area contributed by atoms with Gasteiger partial charge in [0.2, 0.25) is 0 Å². The first-order valence-electron chi connectivity index (χ1n) is 6.13. The Labute approximate surface area is 106 Å². The Morgan fingerprint density at radius 2 is 2.11 bits per heavy atom. The molecule has 4 heteroatoms. The van der Waals surface area contributed by atoms with Gasteiger partial charge in [-0.1, -0.05) is 12.8 Å². The van der Waals surface area contributed by atoms with Gasteiger partial charge in [0, 0.05) is 11.0 Å². The Morgan fingerprint density at radius 1 is 1.44 bits per heavy atom. The van der Waals surface area contributed by atoms with Crippen LogP contribution in [0.3, 0.4) is 0 Å². The molecular weight excluding hydrogens is 235 g/mol. The van der Waals surface area contributed by atoms with Gasteiger partial charge in [0.25, 0.3) is 0 Å². The third-order valence-electron chi connectivity index (χ3n) is 3.78. The smallest absolute Gasteiger partial charge is 0.304 e. The van der Waals surface area contributed by atoms with Crippen LogP contribution in [-0.4, -0.2) is 18.2 Å². The number of carboxylic acids is 1. The second-order valence-electron chi connectivity index (χ2n) is 4.90. The molecule has 1 aromatic rings. The number of benzene rings is 1. The summed E-state index contributed by atoms with van der Waals surface area (Å²) in [6, 6.07) is 4.34. The van der Waals surface area contributed by atoms with Crippen molar-refractivity contribution in [2.75, 3.05) is 7.11 Å². The summed E-state index contributed by atoms with van der Waals surface area (Å²) in [5.41, 5.74) is 0.226. The summed E-state index contributed by atoms with van der Waals surface area (Å²) in [7, 11) is 1.53. The highest BCUT2D eigenvalue weighted by atomic mass is 19.1. The van der Waals surface area contributed by atoms with Gasteiger partial charge in [-0.05, 0) is 31.0 Å². The number of hydrogen-bond acceptors (Lipinski definition) is 2. The maximum absolute atomic E-state index is 13.4. The lowest BCUT2D eigenvalue weighted by molar-refractivity contribution is -0.138. The molecule has 0 spiro atoms. The van der Waals surface area contributed by atoms with Crippen LogP contribution in [0.5, 0.6) is 5.75 Å². The Morgan fingerprint density at radius 3 is 2.67 bits per heavy atom. The molecular formula is C14H17FO3. The number of hydrogen-bond donors (Lipinski definition) is 1. The molecule has 1 aliphatic rings. The molecule has 0 saturated heterocycles. The average molecular weight is 252 g/mol. The van der Waals surface area contributed by atoms with Crippen molar-refractivity contribution >= 4 is 5.97 Å². The van der Waals surface area contributed by atoms with Crippen molar-refractivity contribution in [2.45, 2.75) is 37.5 Å². The van der Waals surface area contributed by atoms with Crippen LogP contribution in [0.4, 0.5) is 4.39 Å². The highest BCUT2D eigenvalue weighted by Crippen LogP contribution is 2.47. The zero-order chi connectivity index (χ0) is 13.2. The zero-order valence-electron chi connectivity index (χ0n) is 10.4. The van der Waals surface area contributed by atoms with Crippen molar-refractivity contribution in [3.63, 3.8) is 0 Å². The minimum absolute atomic E-state index is 0.0345. The summed E-state index contributed by atoms with van der Waals surface area (Å²) in [6.45, 7) is 0. The van der Waals surface area contributed by atoms with Crippen molar-refractivity contribution in [3.05, 3.63) is 29.6 Å². The van der Waals surface area contributed by atoms with E-state index in [9.17, 15) is 9.18 Å². The Balaban J connectivity index is 2.47. The number of rotatable bonds is 4. The van der Waals surface area contributed by atoms with Crippen molar-refractivity contribution in [2.24, 2.45) is 0 Å². The second-order valence-corrected chi connectivity index (χ2v) is 4.90. The van der Waals surface area contributed by atoms with Crippen LogP contribution in [-0.2, 0) is 10.2 Å². The zero-order valence-corrected chi connectivity index (χ0v) is 10.4. The van der Waals surface area contributed by atoms with E-state index in [1.807, 2.05) is 0 Å². The van der Waals surface area contributed by atoms with Gasteiger partial charge in [-0.3, -0.25) is 4.79 Å². The van der Waals surface area contributed by atoms with Gasteiger partial charge in [0.05, 0.1) is 13.5 Å². The van der Waals surface area contributed by atoms with Gasteiger partial charge in [-0.15, -0.1) is 0 Å². The van der Waals surface area contributed by atoms with Gasteiger partial charge in [0.15, 0.2) is 0 Å². The van der Waals surface area contributed by atoms with E-state index in [0.717, 1.165) is 25.7 Å². The summed E-state index contributed by atoms with van der Waals surface area (Å²) in [5.74, 6) is -0.606. The van der Waals surface area contributed by atoms with E-state index in [2.05, 4.69) is 0 Å². The average Bonchev–Trinajstić information content (AvgIpc) is 2.77. The normalized spacial score (nSPS) is 17.7. The summed E-state index contributed by atoms with van der Waals surface area (Å²) < 4.78 is 18.7. The topological polar surface area (TPSA) is 46.5 Å². The van der Waals surface area contributed by atoms with Gasteiger partial charge in [-0.2, -0.15) is 0 Å². The molecule has 18 heavy (non-hydrogen) atoms. The van der Waals surface area contributed by atoms with E-state index in [1.54, 1.807) is 6.07 Å². The highest BCUT2D eigenvalue weighted by Gasteiger charge is 2.39. The van der Waals surface area contributed by atoms with Crippen LogP contribution in [0.15, 0.2) is 18.2 Å². The quantitative estimate of drug-likeness (QED) is 0.895. The van der Waals surface area contributed by atoms with Crippen LogP contribution >= 0.6 is 0 Å². The van der Waals surface area contributed by atoms with E-state index >= 15 is 0 Å². The van der Waals surface area contributed by atoms with Crippen LogP contribution in [0.25, 0.3) is 0 Å². The van der Waals surface area contributed by atoms with Gasteiger partial charge >= 0.3 is 5.97 Å². The number of carbonyl (C=O) groups is 1. The second kappa shape index (κ2) is 4.96. The number of aliphatic carboxylic acids is 1. The minimum atomic E-state index is -0.844. The van der Waals surface area contributed by atoms with E-state index < -0.39 is 11.4 Å². The maximum atomic E-state index is 13.4. The molecule has 0 aliphatic heterocycles. The Hall–Kier alpha value is -1.58. The molecule has 0 aromatic heterocycles. The number of carboxylic acid groups (broad SMARTS) is 1. The number of halogens is 1. The summed E-state index contributed by atoms with van der Waals surface area (Å²) in [5, 5.41) is 9.10. The third-order valence-corrected chi connectivity index (χ3v) is 3.78. The summed E-state index contributed by atoms with van der Waals surface area (Å²) in [4.78, 5) is 11.1. The molecule has 0 amide bonds. The van der Waals surface area contributed by atoms with E-state index in [1.165, 1.54) is 19.2 Å². The Bertz CT molecular complexity index is 450. The maximum Gasteiger partial charge on any atom is 0.304 e. The predicted molar refractivity (Wildman–Crippen MR) is 65.4 cm³/mol. The monoisotopic (exact) mass is 252 g/mol. The fourth-order valence-electron chi connectivity index (χ4n) is 2.98. The molecule has 2 rings (SSSR count). The first-order chi connectivity index (χ1) is 8.57. The number of ether oxygens (including phenoxy) is 1. The lowest BCUT2D eigenvalue weighted by Crippen LogP contribution is -2.26. The Kier molecular flexibility index (Phi) is 3.55. The van der Waals surface area contributed by atoms with Gasteiger partial charge < -0.3 is 9.84 Å². The molecule has 1 fully saturated rings. The van der Waals surface area contributed by atoms with Crippen LogP contribution < -0.4 is 4.74 Å². The first-order valence-corrected chi connectivity index (χ1v) is 6.13. The first kappa shape index (κ1) is 12.9. The predicted octanol–water partition coefficient (Wildman–Crippen LogP) is 3.12. The van der Waals surface area contributed by atoms with Crippen molar-refractivity contribution in [1.82, 2.24) is 0 Å². The molecule has 1 aromatic carbocycles. The van der Waals surface area contributed by atoms with Crippen LogP contribution in [0, 0.1) is 5.82 Å². The molecule has 1 aliphatic carbocycles. The molecule has 0 unspecified atom stereocenters. The SMILES string of the molecule is COc1ccc(F)cc1C1(CC(=O)O)CCCC1. The van der Waals surface area contributed by atoms with Crippen molar-refractivity contribution in [3.8, 4) is 5.75 Å². The standard InChI is InChI=1S/C14H17FO3/c1-18-12-5-4-10(15)8-11(12)14(9-13(16)17)6-2-3-7-14/h4-5,8H,2-3,6-7,9H2,1H3,(H,16,17).